The number of nitrogens with two attached hydrogens (primary N) is 1. The quantitative estimate of drug-likeness (QED) is 0.818. The zero-order valence-corrected chi connectivity index (χ0v) is 9.76. The fourth-order valence-electron chi connectivity index (χ4n) is 1.85. The number of thioether (sulfide) groups is 1. The third-order valence-corrected chi connectivity index (χ3v) is 4.66. The van der Waals surface area contributed by atoms with Crippen molar-refractivity contribution in [3.8, 4) is 0 Å². The van der Waals surface area contributed by atoms with E-state index in [2.05, 4.69) is 31.2 Å². The molecule has 0 spiro atoms. The molecule has 1 saturated carbocycles. The van der Waals surface area contributed by atoms with Gasteiger partial charge in [-0.3, -0.25) is 0 Å². The van der Waals surface area contributed by atoms with Gasteiger partial charge in [-0.1, -0.05) is 17.7 Å². The molecule has 2 atom stereocenters. The molecule has 1 aliphatic carbocycles. The molecule has 1 aromatic carbocycles. The number of aliphatic hydroxyl groups is 1. The monoisotopic (exact) mass is 223 g/mol. The van der Waals surface area contributed by atoms with Gasteiger partial charge in [0.1, 0.15) is 0 Å². The molecule has 2 nitrogen and oxygen atoms in total. The van der Waals surface area contributed by atoms with Gasteiger partial charge in [0.25, 0.3) is 0 Å². The molecular weight excluding hydrogens is 206 g/mol. The van der Waals surface area contributed by atoms with E-state index in [1.54, 1.807) is 0 Å². The van der Waals surface area contributed by atoms with E-state index in [1.165, 1.54) is 10.5 Å². The third kappa shape index (κ3) is 2.19. The Morgan fingerprint density at radius 1 is 1.47 bits per heavy atom. The van der Waals surface area contributed by atoms with E-state index in [4.69, 9.17) is 10.8 Å². The van der Waals surface area contributed by atoms with Gasteiger partial charge in [0, 0.05) is 22.8 Å². The number of hydrogen-bond donors (Lipinski definition) is 2. The lowest BCUT2D eigenvalue weighted by Gasteiger charge is -2.13. The predicted molar refractivity (Wildman–Crippen MR) is 64.0 cm³/mol. The van der Waals surface area contributed by atoms with Crippen molar-refractivity contribution in [3.63, 3.8) is 0 Å². The van der Waals surface area contributed by atoms with E-state index in [1.807, 2.05) is 11.8 Å². The van der Waals surface area contributed by atoms with Gasteiger partial charge >= 0.3 is 0 Å². The molecule has 0 amide bonds. The molecule has 0 radical (unpaired) electrons. The van der Waals surface area contributed by atoms with Crippen molar-refractivity contribution in [2.75, 3.05) is 13.2 Å². The van der Waals surface area contributed by atoms with Crippen molar-refractivity contribution in [1.29, 1.82) is 0 Å². The fourth-order valence-corrected chi connectivity index (χ4v) is 3.20. The number of rotatable bonds is 4. The van der Waals surface area contributed by atoms with Crippen LogP contribution in [0.4, 0.5) is 0 Å². The molecule has 1 fully saturated rings. The van der Waals surface area contributed by atoms with Gasteiger partial charge in [0.05, 0.1) is 0 Å². The zero-order chi connectivity index (χ0) is 10.9. The summed E-state index contributed by atoms with van der Waals surface area (Å²) < 4.78 is 0.101. The second-order valence-electron chi connectivity index (χ2n) is 4.27. The first-order valence-electron chi connectivity index (χ1n) is 5.27. The first-order chi connectivity index (χ1) is 7.20. The van der Waals surface area contributed by atoms with E-state index in [9.17, 15) is 0 Å². The highest BCUT2D eigenvalue weighted by Crippen LogP contribution is 2.55. The van der Waals surface area contributed by atoms with Gasteiger partial charge in [0.2, 0.25) is 0 Å². The second kappa shape index (κ2) is 4.16. The minimum absolute atomic E-state index is 0.101. The minimum atomic E-state index is 0.101. The third-order valence-electron chi connectivity index (χ3n) is 3.08. The molecule has 3 heteroatoms. The summed E-state index contributed by atoms with van der Waals surface area (Å²) in [5, 5.41) is 9.13. The Morgan fingerprint density at radius 3 is 2.60 bits per heavy atom. The summed E-state index contributed by atoms with van der Waals surface area (Å²) in [5.74, 6) is 0.383. The SMILES string of the molecule is Cc1ccc(SC2(CN)CC2CO)cc1. The van der Waals surface area contributed by atoms with Crippen molar-refractivity contribution in [2.24, 2.45) is 11.7 Å². The van der Waals surface area contributed by atoms with Crippen molar-refractivity contribution in [3.05, 3.63) is 29.8 Å². The summed E-state index contributed by atoms with van der Waals surface area (Å²) in [4.78, 5) is 1.25. The first kappa shape index (κ1) is 11.0. The van der Waals surface area contributed by atoms with Gasteiger partial charge in [-0.2, -0.15) is 0 Å². The molecule has 3 N–H and O–H groups in total. The van der Waals surface area contributed by atoms with Crippen LogP contribution in [-0.2, 0) is 0 Å². The molecular formula is C12H17NOS. The Bertz CT molecular complexity index is 338. The van der Waals surface area contributed by atoms with Crippen LogP contribution >= 0.6 is 11.8 Å². The lowest BCUT2D eigenvalue weighted by Crippen LogP contribution is -2.21. The summed E-state index contributed by atoms with van der Waals surface area (Å²) in [6.45, 7) is 2.99. The summed E-state index contributed by atoms with van der Waals surface area (Å²) in [5.41, 5.74) is 7.05. The van der Waals surface area contributed by atoms with Crippen molar-refractivity contribution >= 4 is 11.8 Å². The van der Waals surface area contributed by atoms with E-state index in [0.717, 1.165) is 6.42 Å². The Labute approximate surface area is 94.9 Å². The predicted octanol–water partition coefficient (Wildman–Crippen LogP) is 1.80. The van der Waals surface area contributed by atoms with E-state index in [-0.39, 0.29) is 11.4 Å². The Kier molecular flexibility index (Phi) is 3.05. The second-order valence-corrected chi connectivity index (χ2v) is 5.76. The fraction of sp³-hybridized carbons (Fsp3) is 0.500. The van der Waals surface area contributed by atoms with Gasteiger partial charge in [-0.15, -0.1) is 11.8 Å². The van der Waals surface area contributed by atoms with Crippen molar-refractivity contribution in [1.82, 2.24) is 0 Å². The van der Waals surface area contributed by atoms with Crippen LogP contribution in [-0.4, -0.2) is 23.0 Å². The maximum atomic E-state index is 9.13. The molecule has 0 heterocycles. The summed E-state index contributed by atoms with van der Waals surface area (Å²) in [7, 11) is 0. The van der Waals surface area contributed by atoms with Crippen LogP contribution in [0.1, 0.15) is 12.0 Å². The summed E-state index contributed by atoms with van der Waals surface area (Å²) >= 11 is 1.81. The number of aliphatic hydroxyl groups excluding tert-OH is 1. The highest BCUT2D eigenvalue weighted by atomic mass is 32.2. The van der Waals surface area contributed by atoms with Crippen LogP contribution in [0.15, 0.2) is 29.2 Å². The van der Waals surface area contributed by atoms with Crippen molar-refractivity contribution in [2.45, 2.75) is 23.0 Å². The molecule has 1 aromatic rings. The van der Waals surface area contributed by atoms with Crippen LogP contribution in [0.2, 0.25) is 0 Å². The largest absolute Gasteiger partial charge is 0.396 e. The first-order valence-corrected chi connectivity index (χ1v) is 6.08. The van der Waals surface area contributed by atoms with Gasteiger partial charge in [-0.05, 0) is 31.4 Å². The van der Waals surface area contributed by atoms with Crippen LogP contribution < -0.4 is 5.73 Å². The zero-order valence-electron chi connectivity index (χ0n) is 8.94. The molecule has 2 rings (SSSR count). The number of aryl methyl sites for hydroxylation is 1. The maximum absolute atomic E-state index is 9.13. The molecule has 1 aliphatic rings. The highest BCUT2D eigenvalue weighted by Gasteiger charge is 2.53. The van der Waals surface area contributed by atoms with Gasteiger partial charge in [-0.25, -0.2) is 0 Å². The lowest BCUT2D eigenvalue weighted by molar-refractivity contribution is 0.272. The van der Waals surface area contributed by atoms with E-state index in [0.29, 0.717) is 12.5 Å². The Hall–Kier alpha value is -0.510. The average molecular weight is 223 g/mol. The Balaban J connectivity index is 2.05. The molecule has 15 heavy (non-hydrogen) atoms. The van der Waals surface area contributed by atoms with Crippen LogP contribution in [0.3, 0.4) is 0 Å². The van der Waals surface area contributed by atoms with Crippen LogP contribution in [0, 0.1) is 12.8 Å². The molecule has 0 aromatic heterocycles. The van der Waals surface area contributed by atoms with Crippen LogP contribution in [0.25, 0.3) is 0 Å². The highest BCUT2D eigenvalue weighted by molar-refractivity contribution is 8.01. The van der Waals surface area contributed by atoms with E-state index < -0.39 is 0 Å². The summed E-state index contributed by atoms with van der Waals surface area (Å²) in [6.07, 6.45) is 1.04. The maximum Gasteiger partial charge on any atom is 0.0473 e. The topological polar surface area (TPSA) is 46.2 Å². The van der Waals surface area contributed by atoms with E-state index >= 15 is 0 Å². The molecule has 0 aliphatic heterocycles. The molecule has 0 bridgehead atoms. The standard InChI is InChI=1S/C12H17NOS/c1-9-2-4-11(5-3-9)15-12(8-13)6-10(12)7-14/h2-5,10,14H,6-8,13H2,1H3. The molecule has 82 valence electrons. The normalized spacial score (nSPS) is 29.1. The lowest BCUT2D eigenvalue weighted by atomic mass is 10.2. The number of benzene rings is 1. The van der Waals surface area contributed by atoms with Gasteiger partial charge in [0.15, 0.2) is 0 Å². The number of hydrogen-bond acceptors (Lipinski definition) is 3. The van der Waals surface area contributed by atoms with Crippen LogP contribution in [0.5, 0.6) is 0 Å². The minimum Gasteiger partial charge on any atom is -0.396 e. The molecule has 2 unspecified atom stereocenters. The molecule has 0 saturated heterocycles. The smallest absolute Gasteiger partial charge is 0.0473 e. The van der Waals surface area contributed by atoms with Gasteiger partial charge < -0.3 is 10.8 Å². The Morgan fingerprint density at radius 2 is 2.13 bits per heavy atom. The summed E-state index contributed by atoms with van der Waals surface area (Å²) in [6, 6.07) is 8.49. The van der Waals surface area contributed by atoms with Crippen molar-refractivity contribution < 1.29 is 5.11 Å². The average Bonchev–Trinajstić information content (AvgIpc) is 2.96.